The van der Waals surface area contributed by atoms with E-state index >= 15 is 0 Å². The Morgan fingerprint density at radius 1 is 0.778 bits per heavy atom. The normalized spacial score (nSPS) is 13.2. The lowest BCUT2D eigenvalue weighted by atomic mass is 10.0. The van der Waals surface area contributed by atoms with E-state index in [1.54, 1.807) is 34.9 Å². The molecule has 0 radical (unpaired) electrons. The SMILES string of the molecule is CCC(CN)C(C)=O.CNC(CCCN)C(C)=O.CNC(CCN)C(C)=O. The molecule has 0 aliphatic rings. The molecule has 8 N–H and O–H groups in total. The maximum absolute atomic E-state index is 10.8. The zero-order valence-electron chi connectivity index (χ0n) is 18.1. The summed E-state index contributed by atoms with van der Waals surface area (Å²) < 4.78 is 0. The van der Waals surface area contributed by atoms with E-state index < -0.39 is 0 Å². The van der Waals surface area contributed by atoms with E-state index in [4.69, 9.17) is 17.2 Å². The van der Waals surface area contributed by atoms with E-state index in [2.05, 4.69) is 10.6 Å². The van der Waals surface area contributed by atoms with Gasteiger partial charge in [0.1, 0.15) is 17.3 Å². The minimum absolute atomic E-state index is 0.00329. The summed E-state index contributed by atoms with van der Waals surface area (Å²) in [5.41, 5.74) is 15.8. The highest BCUT2D eigenvalue weighted by Crippen LogP contribution is 1.99. The van der Waals surface area contributed by atoms with Crippen molar-refractivity contribution in [3.63, 3.8) is 0 Å². The highest BCUT2D eigenvalue weighted by molar-refractivity contribution is 5.81. The number of carbonyl (C=O) groups is 3. The predicted molar refractivity (Wildman–Crippen MR) is 113 cm³/mol. The molecule has 0 aliphatic carbocycles. The van der Waals surface area contributed by atoms with Crippen LogP contribution in [0.4, 0.5) is 0 Å². The van der Waals surface area contributed by atoms with E-state index in [1.165, 1.54) is 0 Å². The van der Waals surface area contributed by atoms with Gasteiger partial charge in [-0.25, -0.2) is 0 Å². The lowest BCUT2D eigenvalue weighted by molar-refractivity contribution is -0.121. The molecular weight excluding hydrogens is 346 g/mol. The lowest BCUT2D eigenvalue weighted by Crippen LogP contribution is -2.34. The van der Waals surface area contributed by atoms with Gasteiger partial charge in [0.15, 0.2) is 0 Å². The monoisotopic (exact) mass is 389 g/mol. The van der Waals surface area contributed by atoms with E-state index in [0.29, 0.717) is 19.6 Å². The third kappa shape index (κ3) is 19.4. The van der Waals surface area contributed by atoms with Crippen LogP contribution in [0.2, 0.25) is 0 Å². The number of nitrogens with one attached hydrogen (secondary N) is 2. The molecule has 0 spiro atoms. The van der Waals surface area contributed by atoms with Gasteiger partial charge in [-0.15, -0.1) is 0 Å². The molecule has 3 unspecified atom stereocenters. The fourth-order valence-corrected chi connectivity index (χ4v) is 2.21. The highest BCUT2D eigenvalue weighted by Gasteiger charge is 2.09. The average molecular weight is 390 g/mol. The molecule has 0 amide bonds. The minimum atomic E-state index is -0.0463. The Labute approximate surface area is 165 Å². The molecule has 0 aliphatic heterocycles. The van der Waals surface area contributed by atoms with Crippen LogP contribution in [-0.4, -0.2) is 63.2 Å². The molecule has 0 aromatic carbocycles. The molecular formula is C19H43N5O3. The Hall–Kier alpha value is -1.19. The van der Waals surface area contributed by atoms with Gasteiger partial charge in [0.2, 0.25) is 0 Å². The Bertz CT molecular complexity index is 388. The molecule has 162 valence electrons. The molecule has 0 saturated carbocycles. The summed E-state index contributed by atoms with van der Waals surface area (Å²) in [6.07, 6.45) is 3.35. The smallest absolute Gasteiger partial charge is 0.146 e. The van der Waals surface area contributed by atoms with Gasteiger partial charge in [0.05, 0.1) is 12.1 Å². The van der Waals surface area contributed by atoms with Crippen LogP contribution in [0, 0.1) is 5.92 Å². The molecule has 0 bridgehead atoms. The average Bonchev–Trinajstić information content (AvgIpc) is 2.61. The van der Waals surface area contributed by atoms with Gasteiger partial charge in [-0.3, -0.25) is 14.4 Å². The number of hydrogen-bond acceptors (Lipinski definition) is 8. The van der Waals surface area contributed by atoms with Gasteiger partial charge < -0.3 is 27.8 Å². The van der Waals surface area contributed by atoms with Gasteiger partial charge in [-0.2, -0.15) is 0 Å². The van der Waals surface area contributed by atoms with Crippen molar-refractivity contribution in [2.75, 3.05) is 33.7 Å². The van der Waals surface area contributed by atoms with E-state index in [0.717, 1.165) is 25.7 Å². The molecule has 0 heterocycles. The van der Waals surface area contributed by atoms with Gasteiger partial charge in [-0.1, -0.05) is 6.92 Å². The van der Waals surface area contributed by atoms with E-state index in [1.807, 2.05) is 6.92 Å². The van der Waals surface area contributed by atoms with Crippen LogP contribution < -0.4 is 27.8 Å². The Kier molecular flexibility index (Phi) is 23.9. The molecule has 27 heavy (non-hydrogen) atoms. The first-order valence-corrected chi connectivity index (χ1v) is 9.62. The Balaban J connectivity index is -0.000000322. The van der Waals surface area contributed by atoms with Crippen LogP contribution in [0.3, 0.4) is 0 Å². The van der Waals surface area contributed by atoms with E-state index in [-0.39, 0.29) is 35.4 Å². The predicted octanol–water partition coefficient (Wildman–Crippen LogP) is -0.0252. The fraction of sp³-hybridized carbons (Fsp3) is 0.842. The molecule has 0 aromatic heterocycles. The number of carbonyl (C=O) groups excluding carboxylic acids is 3. The number of ketones is 3. The van der Waals surface area contributed by atoms with Crippen LogP contribution in [-0.2, 0) is 14.4 Å². The van der Waals surface area contributed by atoms with Crippen LogP contribution in [0.5, 0.6) is 0 Å². The largest absolute Gasteiger partial charge is 0.330 e. The second-order valence-electron chi connectivity index (χ2n) is 6.36. The van der Waals surface area contributed by atoms with Crippen molar-refractivity contribution in [3.05, 3.63) is 0 Å². The van der Waals surface area contributed by atoms with Gasteiger partial charge in [0.25, 0.3) is 0 Å². The summed E-state index contributed by atoms with van der Waals surface area (Å²) in [5.74, 6) is 0.643. The summed E-state index contributed by atoms with van der Waals surface area (Å²) in [4.78, 5) is 32.0. The number of rotatable bonds is 12. The van der Waals surface area contributed by atoms with Gasteiger partial charge >= 0.3 is 0 Å². The first-order chi connectivity index (χ1) is 12.7. The third-order valence-corrected chi connectivity index (χ3v) is 4.18. The maximum Gasteiger partial charge on any atom is 0.146 e. The molecule has 8 heteroatoms. The quantitative estimate of drug-likeness (QED) is 0.312. The number of hydrogen-bond donors (Lipinski definition) is 5. The van der Waals surface area contributed by atoms with Crippen molar-refractivity contribution in [2.45, 2.75) is 65.5 Å². The molecule has 0 saturated heterocycles. The topological polar surface area (TPSA) is 153 Å². The molecule has 3 atom stereocenters. The van der Waals surface area contributed by atoms with Crippen LogP contribution in [0.15, 0.2) is 0 Å². The minimum Gasteiger partial charge on any atom is -0.330 e. The number of nitrogens with two attached hydrogens (primary N) is 3. The summed E-state index contributed by atoms with van der Waals surface area (Å²) in [5, 5.41) is 5.80. The first kappa shape index (κ1) is 30.5. The van der Waals surface area contributed by atoms with E-state index in [9.17, 15) is 14.4 Å². The van der Waals surface area contributed by atoms with Crippen molar-refractivity contribution in [1.29, 1.82) is 0 Å². The molecule has 8 nitrogen and oxygen atoms in total. The van der Waals surface area contributed by atoms with Crippen molar-refractivity contribution < 1.29 is 14.4 Å². The highest BCUT2D eigenvalue weighted by atomic mass is 16.1. The lowest BCUT2D eigenvalue weighted by Gasteiger charge is -2.10. The maximum atomic E-state index is 10.8. The molecule has 0 fully saturated rings. The summed E-state index contributed by atoms with van der Waals surface area (Å²) in [6, 6.07) is -0.0430. The second kappa shape index (κ2) is 21.1. The van der Waals surface area contributed by atoms with Gasteiger partial charge in [0, 0.05) is 12.5 Å². The van der Waals surface area contributed by atoms with Crippen LogP contribution in [0.25, 0.3) is 0 Å². The van der Waals surface area contributed by atoms with Crippen molar-refractivity contribution in [2.24, 2.45) is 23.1 Å². The number of Topliss-reactive ketones (excluding diaryl/α,β-unsaturated/α-hetero) is 3. The molecule has 0 aromatic rings. The fourth-order valence-electron chi connectivity index (χ4n) is 2.21. The first-order valence-electron chi connectivity index (χ1n) is 9.62. The zero-order valence-corrected chi connectivity index (χ0v) is 18.1. The zero-order chi connectivity index (χ0) is 21.8. The van der Waals surface area contributed by atoms with Crippen molar-refractivity contribution in [3.8, 4) is 0 Å². The Morgan fingerprint density at radius 3 is 1.37 bits per heavy atom. The standard InChI is InChI=1S/C7H16N2O.C6H14N2O.C6H13NO/c1-6(10)7(9-2)4-3-5-8;1-5(9)6(8-2)3-4-7;1-3-6(4-7)5(2)8/h7,9H,3-5,8H2,1-2H3;6,8H,3-4,7H2,1-2H3;6H,3-4,7H2,1-2H3. The van der Waals surface area contributed by atoms with Gasteiger partial charge in [-0.05, 0) is 73.6 Å². The summed E-state index contributed by atoms with van der Waals surface area (Å²) in [6.45, 7) is 8.43. The number of likely N-dealkylation sites (N-methyl/N-ethyl adjacent to an activating group) is 2. The third-order valence-electron chi connectivity index (χ3n) is 4.18. The Morgan fingerprint density at radius 2 is 1.22 bits per heavy atom. The summed E-state index contributed by atoms with van der Waals surface area (Å²) >= 11 is 0. The van der Waals surface area contributed by atoms with Crippen LogP contribution in [0.1, 0.15) is 53.4 Å². The van der Waals surface area contributed by atoms with Crippen molar-refractivity contribution >= 4 is 17.3 Å². The summed E-state index contributed by atoms with van der Waals surface area (Å²) in [7, 11) is 3.56. The van der Waals surface area contributed by atoms with Crippen molar-refractivity contribution in [1.82, 2.24) is 10.6 Å². The molecule has 0 rings (SSSR count). The van der Waals surface area contributed by atoms with Crippen LogP contribution >= 0.6 is 0 Å². The second-order valence-corrected chi connectivity index (χ2v) is 6.36.